The zero-order valence-corrected chi connectivity index (χ0v) is 9.94. The Morgan fingerprint density at radius 2 is 2.12 bits per heavy atom. The Kier molecular flexibility index (Phi) is 3.54. The number of imidazole rings is 1. The third-order valence-electron chi connectivity index (χ3n) is 2.78. The molecule has 3 nitrogen and oxygen atoms in total. The van der Waals surface area contributed by atoms with E-state index >= 15 is 0 Å². The van der Waals surface area contributed by atoms with Crippen LogP contribution in [-0.4, -0.2) is 9.97 Å². The SMILES string of the molecule is CC(NC(C)c1ncc[nH]1)c1cccc(F)c1. The van der Waals surface area contributed by atoms with E-state index in [9.17, 15) is 4.39 Å². The van der Waals surface area contributed by atoms with Gasteiger partial charge >= 0.3 is 0 Å². The van der Waals surface area contributed by atoms with Crippen molar-refractivity contribution in [1.82, 2.24) is 15.3 Å². The van der Waals surface area contributed by atoms with Crippen molar-refractivity contribution in [2.24, 2.45) is 0 Å². The second kappa shape index (κ2) is 5.10. The molecule has 0 amide bonds. The largest absolute Gasteiger partial charge is 0.347 e. The summed E-state index contributed by atoms with van der Waals surface area (Å²) in [6, 6.07) is 6.81. The van der Waals surface area contributed by atoms with Gasteiger partial charge in [-0.2, -0.15) is 0 Å². The maximum atomic E-state index is 13.1. The van der Waals surface area contributed by atoms with E-state index in [2.05, 4.69) is 15.3 Å². The lowest BCUT2D eigenvalue weighted by molar-refractivity contribution is 0.477. The second-order valence-electron chi connectivity index (χ2n) is 4.14. The molecule has 0 fully saturated rings. The topological polar surface area (TPSA) is 40.7 Å². The first-order chi connectivity index (χ1) is 8.16. The van der Waals surface area contributed by atoms with Crippen molar-refractivity contribution in [2.45, 2.75) is 25.9 Å². The van der Waals surface area contributed by atoms with Crippen molar-refractivity contribution in [1.29, 1.82) is 0 Å². The minimum Gasteiger partial charge on any atom is -0.347 e. The van der Waals surface area contributed by atoms with Gasteiger partial charge in [0, 0.05) is 18.4 Å². The van der Waals surface area contributed by atoms with Crippen LogP contribution in [0.4, 0.5) is 4.39 Å². The summed E-state index contributed by atoms with van der Waals surface area (Å²) in [5.41, 5.74) is 0.934. The summed E-state index contributed by atoms with van der Waals surface area (Å²) in [5, 5.41) is 3.37. The van der Waals surface area contributed by atoms with E-state index in [0.717, 1.165) is 11.4 Å². The van der Waals surface area contributed by atoms with Crippen LogP contribution in [0.15, 0.2) is 36.7 Å². The molecule has 2 rings (SSSR count). The summed E-state index contributed by atoms with van der Waals surface area (Å²) >= 11 is 0. The zero-order valence-electron chi connectivity index (χ0n) is 9.94. The molecule has 1 aromatic carbocycles. The van der Waals surface area contributed by atoms with Crippen LogP contribution in [0.2, 0.25) is 0 Å². The Morgan fingerprint density at radius 3 is 2.76 bits per heavy atom. The average Bonchev–Trinajstić information content (AvgIpc) is 2.82. The number of nitrogens with zero attached hydrogens (tertiary/aromatic N) is 1. The fraction of sp³-hybridized carbons (Fsp3) is 0.308. The van der Waals surface area contributed by atoms with Crippen molar-refractivity contribution in [2.75, 3.05) is 0 Å². The molecule has 2 N–H and O–H groups in total. The molecule has 0 bridgehead atoms. The number of H-pyrrole nitrogens is 1. The quantitative estimate of drug-likeness (QED) is 0.852. The third kappa shape index (κ3) is 2.91. The maximum Gasteiger partial charge on any atom is 0.123 e. The number of rotatable bonds is 4. The molecule has 90 valence electrons. The molecule has 2 atom stereocenters. The van der Waals surface area contributed by atoms with E-state index < -0.39 is 0 Å². The number of aromatic nitrogens is 2. The summed E-state index contributed by atoms with van der Waals surface area (Å²) in [5.74, 6) is 0.676. The van der Waals surface area contributed by atoms with Gasteiger partial charge in [-0.05, 0) is 31.5 Å². The summed E-state index contributed by atoms with van der Waals surface area (Å²) in [4.78, 5) is 7.25. The number of aromatic amines is 1. The van der Waals surface area contributed by atoms with Gasteiger partial charge in [-0.3, -0.25) is 0 Å². The molecule has 0 aliphatic rings. The van der Waals surface area contributed by atoms with Crippen molar-refractivity contribution < 1.29 is 4.39 Å². The average molecular weight is 233 g/mol. The standard InChI is InChI=1S/C13H16FN3/c1-9(11-4-3-5-12(14)8-11)17-10(2)13-15-6-7-16-13/h3-10,17H,1-2H3,(H,15,16). The Hall–Kier alpha value is -1.68. The highest BCUT2D eigenvalue weighted by Crippen LogP contribution is 2.17. The van der Waals surface area contributed by atoms with Crippen LogP contribution in [0.5, 0.6) is 0 Å². The highest BCUT2D eigenvalue weighted by Gasteiger charge is 2.12. The molecule has 1 heterocycles. The first kappa shape index (κ1) is 11.8. The van der Waals surface area contributed by atoms with Crippen LogP contribution in [0.1, 0.15) is 37.3 Å². The number of hydrogen-bond acceptors (Lipinski definition) is 2. The molecule has 0 aliphatic carbocycles. The van der Waals surface area contributed by atoms with Gasteiger partial charge < -0.3 is 10.3 Å². The van der Waals surface area contributed by atoms with Gasteiger partial charge in [-0.1, -0.05) is 12.1 Å². The molecule has 1 aromatic heterocycles. The normalized spacial score (nSPS) is 14.5. The number of benzene rings is 1. The number of nitrogens with one attached hydrogen (secondary N) is 2. The molecule has 0 saturated heterocycles. The van der Waals surface area contributed by atoms with E-state index in [-0.39, 0.29) is 17.9 Å². The summed E-state index contributed by atoms with van der Waals surface area (Å²) in [6.07, 6.45) is 3.51. The van der Waals surface area contributed by atoms with Gasteiger partial charge in [0.15, 0.2) is 0 Å². The predicted molar refractivity (Wildman–Crippen MR) is 65.0 cm³/mol. The van der Waals surface area contributed by atoms with Crippen LogP contribution in [0, 0.1) is 5.82 Å². The fourth-order valence-corrected chi connectivity index (χ4v) is 1.84. The molecule has 0 aliphatic heterocycles. The molecule has 4 heteroatoms. The Bertz CT molecular complexity index is 467. The highest BCUT2D eigenvalue weighted by molar-refractivity contribution is 5.19. The first-order valence-corrected chi connectivity index (χ1v) is 5.67. The van der Waals surface area contributed by atoms with Crippen molar-refractivity contribution in [3.63, 3.8) is 0 Å². The lowest BCUT2D eigenvalue weighted by atomic mass is 10.1. The summed E-state index contributed by atoms with van der Waals surface area (Å²) < 4.78 is 13.1. The van der Waals surface area contributed by atoms with E-state index in [1.807, 2.05) is 19.9 Å². The molecule has 17 heavy (non-hydrogen) atoms. The Morgan fingerprint density at radius 1 is 1.29 bits per heavy atom. The van der Waals surface area contributed by atoms with Crippen molar-refractivity contribution >= 4 is 0 Å². The van der Waals surface area contributed by atoms with Crippen LogP contribution in [-0.2, 0) is 0 Å². The molecular weight excluding hydrogens is 217 g/mol. The number of halogens is 1. The van der Waals surface area contributed by atoms with Gasteiger partial charge in [0.1, 0.15) is 11.6 Å². The molecule has 0 radical (unpaired) electrons. The smallest absolute Gasteiger partial charge is 0.123 e. The molecule has 2 unspecified atom stereocenters. The van der Waals surface area contributed by atoms with Gasteiger partial charge in [-0.15, -0.1) is 0 Å². The van der Waals surface area contributed by atoms with Crippen LogP contribution >= 0.6 is 0 Å². The van der Waals surface area contributed by atoms with Gasteiger partial charge in [0.25, 0.3) is 0 Å². The molecular formula is C13H16FN3. The molecule has 0 saturated carbocycles. The maximum absolute atomic E-state index is 13.1. The number of hydrogen-bond donors (Lipinski definition) is 2. The summed E-state index contributed by atoms with van der Waals surface area (Å²) in [6.45, 7) is 4.03. The van der Waals surface area contributed by atoms with Gasteiger partial charge in [-0.25, -0.2) is 9.37 Å². The lowest BCUT2D eigenvalue weighted by Gasteiger charge is -2.18. The predicted octanol–water partition coefficient (Wildman–Crippen LogP) is 2.96. The molecule has 2 aromatic rings. The van der Waals surface area contributed by atoms with Crippen molar-refractivity contribution in [3.8, 4) is 0 Å². The van der Waals surface area contributed by atoms with E-state index in [0.29, 0.717) is 0 Å². The van der Waals surface area contributed by atoms with Crippen LogP contribution < -0.4 is 5.32 Å². The Labute approximate surface area is 100 Å². The lowest BCUT2D eigenvalue weighted by Crippen LogP contribution is -2.23. The van der Waals surface area contributed by atoms with Crippen LogP contribution in [0.25, 0.3) is 0 Å². The van der Waals surface area contributed by atoms with E-state index in [1.54, 1.807) is 24.5 Å². The molecule has 0 spiro atoms. The monoisotopic (exact) mass is 233 g/mol. The summed E-state index contributed by atoms with van der Waals surface area (Å²) in [7, 11) is 0. The Balaban J connectivity index is 2.04. The fourth-order valence-electron chi connectivity index (χ4n) is 1.84. The van der Waals surface area contributed by atoms with Gasteiger partial charge in [0.05, 0.1) is 6.04 Å². The third-order valence-corrected chi connectivity index (χ3v) is 2.78. The first-order valence-electron chi connectivity index (χ1n) is 5.67. The minimum absolute atomic E-state index is 0.0748. The second-order valence-corrected chi connectivity index (χ2v) is 4.14. The van der Waals surface area contributed by atoms with Crippen LogP contribution in [0.3, 0.4) is 0 Å². The van der Waals surface area contributed by atoms with Gasteiger partial charge in [0.2, 0.25) is 0 Å². The van der Waals surface area contributed by atoms with Crippen molar-refractivity contribution in [3.05, 3.63) is 53.9 Å². The zero-order chi connectivity index (χ0) is 12.3. The van der Waals surface area contributed by atoms with E-state index in [4.69, 9.17) is 0 Å². The minimum atomic E-state index is -0.207. The van der Waals surface area contributed by atoms with E-state index in [1.165, 1.54) is 6.07 Å². The highest BCUT2D eigenvalue weighted by atomic mass is 19.1.